The number of rotatable bonds is 7. The Balaban J connectivity index is 2.58. The van der Waals surface area contributed by atoms with Gasteiger partial charge in [-0.3, -0.25) is 9.59 Å². The van der Waals surface area contributed by atoms with E-state index < -0.39 is 28.9 Å². The summed E-state index contributed by atoms with van der Waals surface area (Å²) in [6.07, 6.45) is 0.825. The SMILES string of the molecule is CC(=O)N(CCNC(=O)c1ccc(F)c(F)c1F)CCC(C)C. The molecule has 0 unspecified atom stereocenters. The largest absolute Gasteiger partial charge is 0.350 e. The second-order valence-corrected chi connectivity index (χ2v) is 5.67. The Morgan fingerprint density at radius 1 is 1.13 bits per heavy atom. The van der Waals surface area contributed by atoms with Crippen LogP contribution in [0.2, 0.25) is 0 Å². The number of carbonyl (C=O) groups is 2. The van der Waals surface area contributed by atoms with Gasteiger partial charge in [0.05, 0.1) is 5.56 Å². The molecule has 1 rings (SSSR count). The van der Waals surface area contributed by atoms with Crippen molar-refractivity contribution < 1.29 is 22.8 Å². The maximum Gasteiger partial charge on any atom is 0.254 e. The molecule has 4 nitrogen and oxygen atoms in total. The smallest absolute Gasteiger partial charge is 0.254 e. The van der Waals surface area contributed by atoms with E-state index in [1.165, 1.54) is 6.92 Å². The number of carbonyl (C=O) groups excluding carboxylic acids is 2. The fraction of sp³-hybridized carbons (Fsp3) is 0.500. The Morgan fingerprint density at radius 2 is 1.78 bits per heavy atom. The third kappa shape index (κ3) is 5.58. The first kappa shape index (κ1) is 19.0. The van der Waals surface area contributed by atoms with Crippen LogP contribution < -0.4 is 5.32 Å². The van der Waals surface area contributed by atoms with Crippen molar-refractivity contribution in [2.75, 3.05) is 19.6 Å². The molecule has 0 atom stereocenters. The zero-order chi connectivity index (χ0) is 17.6. The molecule has 0 aliphatic heterocycles. The van der Waals surface area contributed by atoms with E-state index in [0.717, 1.165) is 12.5 Å². The van der Waals surface area contributed by atoms with Crippen molar-refractivity contribution in [1.29, 1.82) is 0 Å². The summed E-state index contributed by atoms with van der Waals surface area (Å²) in [5.41, 5.74) is -0.569. The lowest BCUT2D eigenvalue weighted by Gasteiger charge is -2.22. The van der Waals surface area contributed by atoms with Crippen LogP contribution in [0.1, 0.15) is 37.6 Å². The quantitative estimate of drug-likeness (QED) is 0.782. The van der Waals surface area contributed by atoms with Gasteiger partial charge in [-0.1, -0.05) is 13.8 Å². The summed E-state index contributed by atoms with van der Waals surface area (Å²) in [5.74, 6) is -5.10. The van der Waals surface area contributed by atoms with Crippen LogP contribution in [0, 0.1) is 23.4 Å². The van der Waals surface area contributed by atoms with Gasteiger partial charge in [-0.05, 0) is 24.5 Å². The average Bonchev–Trinajstić information content (AvgIpc) is 2.47. The average molecular weight is 330 g/mol. The molecule has 0 aliphatic carbocycles. The van der Waals surface area contributed by atoms with E-state index in [2.05, 4.69) is 5.32 Å². The Bertz CT molecular complexity index is 577. The minimum absolute atomic E-state index is 0.0922. The molecule has 1 N–H and O–H groups in total. The maximum atomic E-state index is 13.5. The van der Waals surface area contributed by atoms with Crippen molar-refractivity contribution in [3.05, 3.63) is 35.1 Å². The van der Waals surface area contributed by atoms with Crippen LogP contribution in [0.5, 0.6) is 0 Å². The van der Waals surface area contributed by atoms with Gasteiger partial charge in [0.15, 0.2) is 17.5 Å². The molecule has 0 heterocycles. The highest BCUT2D eigenvalue weighted by Crippen LogP contribution is 2.14. The van der Waals surface area contributed by atoms with Crippen molar-refractivity contribution >= 4 is 11.8 Å². The van der Waals surface area contributed by atoms with E-state index in [-0.39, 0.29) is 19.0 Å². The van der Waals surface area contributed by atoms with Crippen molar-refractivity contribution in [2.24, 2.45) is 5.92 Å². The molecule has 128 valence electrons. The van der Waals surface area contributed by atoms with Crippen LogP contribution in [0.4, 0.5) is 13.2 Å². The molecule has 0 saturated carbocycles. The molecule has 0 aliphatic rings. The van der Waals surface area contributed by atoms with Gasteiger partial charge in [0.1, 0.15) is 0 Å². The summed E-state index contributed by atoms with van der Waals surface area (Å²) in [6.45, 7) is 6.41. The van der Waals surface area contributed by atoms with Gasteiger partial charge < -0.3 is 10.2 Å². The fourth-order valence-corrected chi connectivity index (χ4v) is 1.94. The van der Waals surface area contributed by atoms with Crippen LogP contribution >= 0.6 is 0 Å². The number of nitrogens with zero attached hydrogens (tertiary/aromatic N) is 1. The molecule has 0 aromatic heterocycles. The number of halogens is 3. The summed E-state index contributed by atoms with van der Waals surface area (Å²) in [6, 6.07) is 1.57. The van der Waals surface area contributed by atoms with Gasteiger partial charge in [0.2, 0.25) is 5.91 Å². The predicted molar refractivity (Wildman–Crippen MR) is 80.4 cm³/mol. The van der Waals surface area contributed by atoms with E-state index in [1.807, 2.05) is 13.8 Å². The first-order chi connectivity index (χ1) is 10.7. The molecule has 0 fully saturated rings. The van der Waals surface area contributed by atoms with Gasteiger partial charge in [-0.15, -0.1) is 0 Å². The Kier molecular flexibility index (Phi) is 7.06. The molecule has 0 spiro atoms. The third-order valence-electron chi connectivity index (χ3n) is 3.37. The molecule has 23 heavy (non-hydrogen) atoms. The maximum absolute atomic E-state index is 13.5. The molecular weight excluding hydrogens is 309 g/mol. The van der Waals surface area contributed by atoms with Gasteiger partial charge >= 0.3 is 0 Å². The molecule has 0 saturated heterocycles. The molecule has 7 heteroatoms. The molecule has 1 aromatic carbocycles. The number of hydrogen-bond acceptors (Lipinski definition) is 2. The first-order valence-corrected chi connectivity index (χ1v) is 7.41. The standard InChI is InChI=1S/C16H21F3N2O2/c1-10(2)6-8-21(11(3)22)9-7-20-16(23)12-4-5-13(17)15(19)14(12)18/h4-5,10H,6-9H2,1-3H3,(H,20,23). The Morgan fingerprint density at radius 3 is 2.35 bits per heavy atom. The summed E-state index contributed by atoms with van der Waals surface area (Å²) in [5, 5.41) is 2.40. The van der Waals surface area contributed by atoms with Crippen LogP contribution in [-0.2, 0) is 4.79 Å². The van der Waals surface area contributed by atoms with Gasteiger partial charge in [0.25, 0.3) is 5.91 Å². The summed E-state index contributed by atoms with van der Waals surface area (Å²) < 4.78 is 39.4. The second kappa shape index (κ2) is 8.55. The predicted octanol–water partition coefficient (Wildman–Crippen LogP) is 2.73. The zero-order valence-corrected chi connectivity index (χ0v) is 13.5. The first-order valence-electron chi connectivity index (χ1n) is 7.41. The van der Waals surface area contributed by atoms with E-state index in [9.17, 15) is 22.8 Å². The zero-order valence-electron chi connectivity index (χ0n) is 13.5. The third-order valence-corrected chi connectivity index (χ3v) is 3.37. The van der Waals surface area contributed by atoms with E-state index in [0.29, 0.717) is 18.5 Å². The highest BCUT2D eigenvalue weighted by Gasteiger charge is 2.18. The van der Waals surface area contributed by atoms with Gasteiger partial charge in [-0.25, -0.2) is 13.2 Å². The van der Waals surface area contributed by atoms with Crippen molar-refractivity contribution in [3.8, 4) is 0 Å². The molecule has 0 bridgehead atoms. The van der Waals surface area contributed by atoms with Gasteiger partial charge in [0, 0.05) is 26.6 Å². The minimum Gasteiger partial charge on any atom is -0.350 e. The number of hydrogen-bond donors (Lipinski definition) is 1. The van der Waals surface area contributed by atoms with E-state index in [4.69, 9.17) is 0 Å². The number of amides is 2. The highest BCUT2D eigenvalue weighted by molar-refractivity contribution is 5.94. The van der Waals surface area contributed by atoms with E-state index >= 15 is 0 Å². The van der Waals surface area contributed by atoms with Crippen molar-refractivity contribution in [3.63, 3.8) is 0 Å². The summed E-state index contributed by atoms with van der Waals surface area (Å²) in [4.78, 5) is 24.9. The van der Waals surface area contributed by atoms with Crippen LogP contribution in [0.25, 0.3) is 0 Å². The molecule has 1 aromatic rings. The van der Waals surface area contributed by atoms with Crippen molar-refractivity contribution in [1.82, 2.24) is 10.2 Å². The van der Waals surface area contributed by atoms with Crippen molar-refractivity contribution in [2.45, 2.75) is 27.2 Å². The molecular formula is C16H21F3N2O2. The number of benzene rings is 1. The Hall–Kier alpha value is -2.05. The summed E-state index contributed by atoms with van der Waals surface area (Å²) in [7, 11) is 0. The van der Waals surface area contributed by atoms with Crippen LogP contribution in [0.3, 0.4) is 0 Å². The number of nitrogens with one attached hydrogen (secondary N) is 1. The highest BCUT2D eigenvalue weighted by atomic mass is 19.2. The Labute approximate surface area is 133 Å². The topological polar surface area (TPSA) is 49.4 Å². The lowest BCUT2D eigenvalue weighted by atomic mass is 10.1. The van der Waals surface area contributed by atoms with Crippen LogP contribution in [0.15, 0.2) is 12.1 Å². The van der Waals surface area contributed by atoms with Crippen LogP contribution in [-0.4, -0.2) is 36.3 Å². The second-order valence-electron chi connectivity index (χ2n) is 5.67. The lowest BCUT2D eigenvalue weighted by Crippen LogP contribution is -2.38. The normalized spacial score (nSPS) is 10.7. The molecule has 2 amide bonds. The monoisotopic (exact) mass is 330 g/mol. The van der Waals surface area contributed by atoms with E-state index in [1.54, 1.807) is 4.90 Å². The minimum atomic E-state index is -1.68. The lowest BCUT2D eigenvalue weighted by molar-refractivity contribution is -0.128. The van der Waals surface area contributed by atoms with Gasteiger partial charge in [-0.2, -0.15) is 0 Å². The summed E-state index contributed by atoms with van der Waals surface area (Å²) >= 11 is 0. The fourth-order valence-electron chi connectivity index (χ4n) is 1.94. The molecule has 0 radical (unpaired) electrons.